The van der Waals surface area contributed by atoms with Crippen LogP contribution in [0.5, 0.6) is 0 Å². The SMILES string of the molecule is CC(Nc1ccc(S(N)(=O)=O)c(C(F)(F)F)c1)C1CCCCC1. The minimum Gasteiger partial charge on any atom is -0.382 e. The third kappa shape index (κ3) is 4.60. The van der Waals surface area contributed by atoms with Crippen LogP contribution in [0.1, 0.15) is 44.6 Å². The van der Waals surface area contributed by atoms with Crippen LogP contribution >= 0.6 is 0 Å². The number of nitrogens with one attached hydrogen (secondary N) is 1. The number of benzene rings is 1. The molecule has 0 radical (unpaired) electrons. The van der Waals surface area contributed by atoms with E-state index in [0.29, 0.717) is 5.92 Å². The van der Waals surface area contributed by atoms with E-state index in [1.807, 2.05) is 6.92 Å². The van der Waals surface area contributed by atoms with Gasteiger partial charge in [-0.05, 0) is 43.9 Å². The predicted molar refractivity (Wildman–Crippen MR) is 82.5 cm³/mol. The highest BCUT2D eigenvalue weighted by atomic mass is 32.2. The molecular weight excluding hydrogens is 329 g/mol. The fraction of sp³-hybridized carbons (Fsp3) is 0.600. The van der Waals surface area contributed by atoms with Crippen LogP contribution in [0.15, 0.2) is 23.1 Å². The van der Waals surface area contributed by atoms with E-state index in [9.17, 15) is 21.6 Å². The number of hydrogen-bond acceptors (Lipinski definition) is 3. The van der Waals surface area contributed by atoms with Crippen LogP contribution in [0.4, 0.5) is 18.9 Å². The first-order valence-corrected chi connectivity index (χ1v) is 9.14. The number of hydrogen-bond donors (Lipinski definition) is 2. The molecule has 130 valence electrons. The lowest BCUT2D eigenvalue weighted by Crippen LogP contribution is -2.28. The number of alkyl halides is 3. The largest absolute Gasteiger partial charge is 0.417 e. The Balaban J connectivity index is 2.27. The number of rotatable bonds is 4. The van der Waals surface area contributed by atoms with Crippen molar-refractivity contribution in [1.29, 1.82) is 0 Å². The summed E-state index contributed by atoms with van der Waals surface area (Å²) >= 11 is 0. The first-order chi connectivity index (χ1) is 10.6. The van der Waals surface area contributed by atoms with Crippen molar-refractivity contribution in [1.82, 2.24) is 0 Å². The van der Waals surface area contributed by atoms with Crippen molar-refractivity contribution in [2.45, 2.75) is 56.1 Å². The molecule has 1 aromatic carbocycles. The third-order valence-electron chi connectivity index (χ3n) is 4.34. The smallest absolute Gasteiger partial charge is 0.382 e. The molecule has 8 heteroatoms. The van der Waals surface area contributed by atoms with Crippen LogP contribution in [-0.2, 0) is 16.2 Å². The zero-order valence-corrected chi connectivity index (χ0v) is 13.7. The molecule has 0 saturated heterocycles. The molecule has 0 aromatic heterocycles. The number of sulfonamides is 1. The summed E-state index contributed by atoms with van der Waals surface area (Å²) in [6.45, 7) is 1.94. The first-order valence-electron chi connectivity index (χ1n) is 7.59. The summed E-state index contributed by atoms with van der Waals surface area (Å²) in [6, 6.07) is 3.08. The van der Waals surface area contributed by atoms with Crippen molar-refractivity contribution in [3.05, 3.63) is 23.8 Å². The van der Waals surface area contributed by atoms with Crippen LogP contribution in [0.2, 0.25) is 0 Å². The number of primary sulfonamides is 1. The minimum absolute atomic E-state index is 0.0247. The molecule has 4 nitrogen and oxygen atoms in total. The zero-order valence-electron chi connectivity index (χ0n) is 12.9. The van der Waals surface area contributed by atoms with E-state index in [4.69, 9.17) is 5.14 Å². The molecule has 23 heavy (non-hydrogen) atoms. The Labute approximate surface area is 134 Å². The van der Waals surface area contributed by atoms with E-state index in [-0.39, 0.29) is 11.7 Å². The summed E-state index contributed by atoms with van der Waals surface area (Å²) in [5.41, 5.74) is -0.983. The summed E-state index contributed by atoms with van der Waals surface area (Å²) in [4.78, 5) is -0.902. The second kappa shape index (κ2) is 6.68. The van der Waals surface area contributed by atoms with Gasteiger partial charge in [0, 0.05) is 11.7 Å². The Kier molecular flexibility index (Phi) is 5.25. The van der Waals surface area contributed by atoms with Crippen molar-refractivity contribution in [3.8, 4) is 0 Å². The van der Waals surface area contributed by atoms with Gasteiger partial charge in [0.2, 0.25) is 10.0 Å². The fourth-order valence-corrected chi connectivity index (χ4v) is 3.84. The van der Waals surface area contributed by atoms with Crippen molar-refractivity contribution in [3.63, 3.8) is 0 Å². The lowest BCUT2D eigenvalue weighted by molar-refractivity contribution is -0.139. The van der Waals surface area contributed by atoms with E-state index in [0.717, 1.165) is 37.8 Å². The quantitative estimate of drug-likeness (QED) is 0.869. The Hall–Kier alpha value is -1.28. The van der Waals surface area contributed by atoms with Crippen molar-refractivity contribution in [2.24, 2.45) is 11.1 Å². The second-order valence-electron chi connectivity index (χ2n) is 6.08. The Bertz CT molecular complexity index is 653. The summed E-state index contributed by atoms with van der Waals surface area (Å²) in [5, 5.41) is 7.94. The number of halogens is 3. The Morgan fingerprint density at radius 3 is 2.35 bits per heavy atom. The molecule has 1 aliphatic carbocycles. The van der Waals surface area contributed by atoms with Crippen LogP contribution < -0.4 is 10.5 Å². The van der Waals surface area contributed by atoms with Gasteiger partial charge in [-0.3, -0.25) is 0 Å². The summed E-state index contributed by atoms with van der Waals surface area (Å²) < 4.78 is 62.0. The second-order valence-corrected chi connectivity index (χ2v) is 7.61. The van der Waals surface area contributed by atoms with Gasteiger partial charge in [-0.1, -0.05) is 19.3 Å². The molecule has 1 unspecified atom stereocenters. The third-order valence-corrected chi connectivity index (χ3v) is 5.31. The van der Waals surface area contributed by atoms with Crippen LogP contribution in [0.25, 0.3) is 0 Å². The number of anilines is 1. The van der Waals surface area contributed by atoms with E-state index in [1.54, 1.807) is 0 Å². The molecule has 2 rings (SSSR count). The zero-order chi connectivity index (χ0) is 17.3. The van der Waals surface area contributed by atoms with Gasteiger partial charge in [0.15, 0.2) is 0 Å². The summed E-state index contributed by atoms with van der Waals surface area (Å²) in [6.07, 6.45) is 0.785. The molecule has 0 aliphatic heterocycles. The molecule has 0 spiro atoms. The molecule has 0 bridgehead atoms. The van der Waals surface area contributed by atoms with E-state index < -0.39 is 26.7 Å². The average molecular weight is 350 g/mol. The van der Waals surface area contributed by atoms with Crippen molar-refractivity contribution < 1.29 is 21.6 Å². The molecule has 1 aromatic rings. The van der Waals surface area contributed by atoms with Gasteiger partial charge in [-0.25, -0.2) is 13.6 Å². The van der Waals surface area contributed by atoms with Gasteiger partial charge in [-0.15, -0.1) is 0 Å². The van der Waals surface area contributed by atoms with Crippen molar-refractivity contribution >= 4 is 15.7 Å². The maximum atomic E-state index is 13.1. The maximum absolute atomic E-state index is 13.1. The lowest BCUT2D eigenvalue weighted by Gasteiger charge is -2.29. The topological polar surface area (TPSA) is 72.2 Å². The van der Waals surface area contributed by atoms with Crippen molar-refractivity contribution in [2.75, 3.05) is 5.32 Å². The molecular formula is C15H21F3N2O2S. The molecule has 1 aliphatic rings. The molecule has 1 saturated carbocycles. The van der Waals surface area contributed by atoms with E-state index in [1.165, 1.54) is 12.5 Å². The predicted octanol–water partition coefficient (Wildman–Crippen LogP) is 3.73. The van der Waals surface area contributed by atoms with Crippen LogP contribution in [0.3, 0.4) is 0 Å². The normalized spacial score (nSPS) is 18.7. The Morgan fingerprint density at radius 2 is 1.83 bits per heavy atom. The monoisotopic (exact) mass is 350 g/mol. The average Bonchev–Trinajstić information content (AvgIpc) is 2.46. The fourth-order valence-electron chi connectivity index (χ4n) is 3.10. The highest BCUT2D eigenvalue weighted by Gasteiger charge is 2.36. The van der Waals surface area contributed by atoms with Gasteiger partial charge in [0.25, 0.3) is 0 Å². The van der Waals surface area contributed by atoms with E-state index >= 15 is 0 Å². The minimum atomic E-state index is -4.78. The standard InChI is InChI=1S/C15H21F3N2O2S/c1-10(11-5-3-2-4-6-11)20-12-7-8-14(23(19,21)22)13(9-12)15(16,17)18/h7-11,20H,2-6H2,1H3,(H2,19,21,22). The van der Waals surface area contributed by atoms with Gasteiger partial charge >= 0.3 is 6.18 Å². The lowest BCUT2D eigenvalue weighted by atomic mass is 9.84. The molecule has 3 N–H and O–H groups in total. The summed E-state index contributed by atoms with van der Waals surface area (Å²) in [7, 11) is -4.43. The maximum Gasteiger partial charge on any atom is 0.417 e. The highest BCUT2D eigenvalue weighted by Crippen LogP contribution is 2.36. The van der Waals surface area contributed by atoms with Gasteiger partial charge < -0.3 is 5.32 Å². The van der Waals surface area contributed by atoms with Gasteiger partial charge in [-0.2, -0.15) is 13.2 Å². The molecule has 1 atom stereocenters. The number of nitrogens with two attached hydrogens (primary N) is 1. The highest BCUT2D eigenvalue weighted by molar-refractivity contribution is 7.89. The summed E-state index contributed by atoms with van der Waals surface area (Å²) in [5.74, 6) is 0.413. The molecule has 0 heterocycles. The van der Waals surface area contributed by atoms with E-state index in [2.05, 4.69) is 5.32 Å². The van der Waals surface area contributed by atoms with Gasteiger partial charge in [0.1, 0.15) is 0 Å². The van der Waals surface area contributed by atoms with Crippen LogP contribution in [0, 0.1) is 5.92 Å². The molecule has 0 amide bonds. The Morgan fingerprint density at radius 1 is 1.22 bits per heavy atom. The van der Waals surface area contributed by atoms with Crippen LogP contribution in [-0.4, -0.2) is 14.5 Å². The first kappa shape index (κ1) is 18.1. The van der Waals surface area contributed by atoms with Gasteiger partial charge in [0.05, 0.1) is 10.5 Å². The molecule has 1 fully saturated rings.